The van der Waals surface area contributed by atoms with E-state index in [1.54, 1.807) is 6.92 Å². The van der Waals surface area contributed by atoms with Crippen molar-refractivity contribution in [2.75, 3.05) is 22.9 Å². The van der Waals surface area contributed by atoms with Crippen LogP contribution in [0.3, 0.4) is 0 Å². The summed E-state index contributed by atoms with van der Waals surface area (Å²) >= 11 is 14.4. The Bertz CT molecular complexity index is 2060. The minimum absolute atomic E-state index is 0.0305. The summed E-state index contributed by atoms with van der Waals surface area (Å²) in [6.45, 7) is 4.76. The van der Waals surface area contributed by atoms with Gasteiger partial charge in [-0.25, -0.2) is 0 Å². The van der Waals surface area contributed by atoms with Gasteiger partial charge < -0.3 is 19.9 Å². The molecule has 51 heavy (non-hydrogen) atoms. The van der Waals surface area contributed by atoms with Gasteiger partial charge >= 0.3 is 0 Å². The molecule has 9 heteroatoms. The Labute approximate surface area is 308 Å². The lowest BCUT2D eigenvalue weighted by molar-refractivity contribution is -0.120. The fraction of sp³-hybridized carbons (Fsp3) is 0.333. The van der Waals surface area contributed by atoms with Gasteiger partial charge in [-0.15, -0.1) is 0 Å². The number of aryl methyl sites for hydroxylation is 2. The van der Waals surface area contributed by atoms with Gasteiger partial charge in [0.05, 0.1) is 10.0 Å². The molecule has 0 aliphatic carbocycles. The minimum atomic E-state index is -0.0305. The van der Waals surface area contributed by atoms with Crippen LogP contribution in [0.25, 0.3) is 33.4 Å². The molecule has 0 radical (unpaired) electrons. The van der Waals surface area contributed by atoms with Crippen LogP contribution < -0.4 is 15.1 Å². The van der Waals surface area contributed by atoms with Gasteiger partial charge in [0.2, 0.25) is 17.7 Å². The van der Waals surface area contributed by atoms with Crippen LogP contribution in [0, 0.1) is 5.92 Å². The number of carbonyl (C=O) groups is 4. The first-order valence-corrected chi connectivity index (χ1v) is 18.6. The molecule has 4 aromatic rings. The molecule has 3 aliphatic rings. The largest absolute Gasteiger partial charge is 0.352 e. The van der Waals surface area contributed by atoms with Crippen molar-refractivity contribution in [3.05, 3.63) is 94.0 Å². The van der Waals surface area contributed by atoms with Gasteiger partial charge in [-0.2, -0.15) is 0 Å². The SMILES string of the molecule is CC(=O)CC[C@H](C)CN1C(=O)CCc2cc(-c3cccc(-c4cccc(-c5ccc6c(c5)CCC(=O)N6C[C@@H]5CCC(=O)N5)c4Cl)c3Cl)ccc21. The number of nitrogens with zero attached hydrogens (tertiary/aromatic N) is 2. The van der Waals surface area contributed by atoms with Gasteiger partial charge in [-0.05, 0) is 85.0 Å². The molecule has 0 unspecified atom stereocenters. The van der Waals surface area contributed by atoms with Crippen LogP contribution in [0.1, 0.15) is 63.5 Å². The topological polar surface area (TPSA) is 86.8 Å². The first-order valence-electron chi connectivity index (χ1n) is 17.8. The van der Waals surface area contributed by atoms with E-state index in [1.165, 1.54) is 0 Å². The number of ketones is 1. The van der Waals surface area contributed by atoms with Gasteiger partial charge in [0, 0.05) is 78.4 Å². The molecule has 3 amide bonds. The summed E-state index contributed by atoms with van der Waals surface area (Å²) in [5.74, 6) is 0.607. The molecule has 1 N–H and O–H groups in total. The molecule has 0 spiro atoms. The van der Waals surface area contributed by atoms with E-state index in [1.807, 2.05) is 70.5 Å². The van der Waals surface area contributed by atoms with Gasteiger partial charge in [-0.3, -0.25) is 14.4 Å². The maximum atomic E-state index is 13.0. The maximum absolute atomic E-state index is 13.0. The number of fused-ring (bicyclic) bond motifs is 2. The standard InChI is InChI=1S/C42H41Cl2N3O4/c1-25(9-10-26(2)48)23-46-36-16-11-27(21-29(36)13-19-39(46)50)32-5-3-7-34(41(32)43)35-8-4-6-33(42(35)44)28-12-17-37-30(22-28)14-20-40(51)47(37)24-31-15-18-38(49)45-31/h3-8,11-12,16-17,21-22,25,31H,9-10,13-15,18-20,23-24H2,1-2H3,(H,45,49)/t25-,31-/m0/s1. The Morgan fingerprint density at radius 2 is 1.27 bits per heavy atom. The fourth-order valence-electron chi connectivity index (χ4n) is 7.67. The molecule has 1 fully saturated rings. The molecule has 0 aromatic heterocycles. The van der Waals surface area contributed by atoms with E-state index in [4.69, 9.17) is 23.2 Å². The summed E-state index contributed by atoms with van der Waals surface area (Å²) in [5.41, 5.74) is 9.33. The maximum Gasteiger partial charge on any atom is 0.227 e. The van der Waals surface area contributed by atoms with Crippen LogP contribution in [0.15, 0.2) is 72.8 Å². The second-order valence-electron chi connectivity index (χ2n) is 14.2. The number of halogens is 2. The molecule has 1 saturated heterocycles. The number of rotatable bonds is 10. The number of carbonyl (C=O) groups excluding carboxylic acids is 4. The lowest BCUT2D eigenvalue weighted by Crippen LogP contribution is -2.44. The minimum Gasteiger partial charge on any atom is -0.352 e. The van der Waals surface area contributed by atoms with Crippen LogP contribution >= 0.6 is 23.2 Å². The second kappa shape index (κ2) is 14.6. The predicted molar refractivity (Wildman–Crippen MR) is 204 cm³/mol. The third-order valence-corrected chi connectivity index (χ3v) is 11.3. The van der Waals surface area contributed by atoms with Gasteiger partial charge in [0.1, 0.15) is 5.78 Å². The van der Waals surface area contributed by atoms with Crippen molar-refractivity contribution < 1.29 is 19.2 Å². The zero-order valence-electron chi connectivity index (χ0n) is 28.9. The van der Waals surface area contributed by atoms with Crippen molar-refractivity contribution in [2.24, 2.45) is 5.92 Å². The third-order valence-electron chi connectivity index (χ3n) is 10.4. The van der Waals surface area contributed by atoms with Gasteiger partial charge in [0.15, 0.2) is 0 Å². The first-order chi connectivity index (χ1) is 24.6. The lowest BCUT2D eigenvalue weighted by atomic mass is 9.92. The third kappa shape index (κ3) is 7.19. The number of Topliss-reactive ketones (excluding diaryl/α,β-unsaturated/α-hetero) is 1. The molecule has 0 bridgehead atoms. The highest BCUT2D eigenvalue weighted by Crippen LogP contribution is 2.44. The van der Waals surface area contributed by atoms with Crippen LogP contribution in [0.4, 0.5) is 11.4 Å². The number of anilines is 2. The number of hydrogen-bond donors (Lipinski definition) is 1. The Kier molecular flexibility index (Phi) is 10.0. The van der Waals surface area contributed by atoms with E-state index < -0.39 is 0 Å². The van der Waals surface area contributed by atoms with Crippen LogP contribution in [0.2, 0.25) is 10.0 Å². The quantitative estimate of drug-likeness (QED) is 0.177. The normalized spacial score (nSPS) is 17.6. The van der Waals surface area contributed by atoms with E-state index in [0.29, 0.717) is 61.7 Å². The average Bonchev–Trinajstić information content (AvgIpc) is 3.54. The lowest BCUT2D eigenvalue weighted by Gasteiger charge is -2.32. The Balaban J connectivity index is 1.16. The molecular weight excluding hydrogens is 681 g/mol. The molecule has 3 aliphatic heterocycles. The Hall–Kier alpha value is -4.46. The summed E-state index contributed by atoms with van der Waals surface area (Å²) in [6.07, 6.45) is 4.69. The summed E-state index contributed by atoms with van der Waals surface area (Å²) in [5, 5.41) is 4.17. The van der Waals surface area contributed by atoms with Gasteiger partial charge in [-0.1, -0.05) is 78.7 Å². The zero-order chi connectivity index (χ0) is 35.8. The zero-order valence-corrected chi connectivity index (χ0v) is 30.4. The van der Waals surface area contributed by atoms with Gasteiger partial charge in [0.25, 0.3) is 0 Å². The molecule has 2 atom stereocenters. The molecule has 262 valence electrons. The van der Waals surface area contributed by atoms with Crippen LogP contribution in [0.5, 0.6) is 0 Å². The Morgan fingerprint density at radius 1 is 0.745 bits per heavy atom. The fourth-order valence-corrected chi connectivity index (χ4v) is 8.34. The average molecular weight is 723 g/mol. The van der Waals surface area contributed by atoms with Crippen LogP contribution in [-0.2, 0) is 32.0 Å². The van der Waals surface area contributed by atoms with E-state index in [2.05, 4.69) is 24.4 Å². The summed E-state index contributed by atoms with van der Waals surface area (Å²) < 4.78 is 0. The van der Waals surface area contributed by atoms with E-state index >= 15 is 0 Å². The number of amides is 3. The highest BCUT2D eigenvalue weighted by molar-refractivity contribution is 6.39. The molecular formula is C42H41Cl2N3O4. The summed E-state index contributed by atoms with van der Waals surface area (Å²) in [7, 11) is 0. The molecule has 7 rings (SSSR count). The van der Waals surface area contributed by atoms with Crippen molar-refractivity contribution in [3.8, 4) is 33.4 Å². The summed E-state index contributed by atoms with van der Waals surface area (Å²) in [6, 6.07) is 24.2. The van der Waals surface area contributed by atoms with Crippen molar-refractivity contribution in [2.45, 2.75) is 71.3 Å². The number of nitrogens with one attached hydrogen (secondary N) is 1. The second-order valence-corrected chi connectivity index (χ2v) is 14.9. The monoisotopic (exact) mass is 721 g/mol. The summed E-state index contributed by atoms with van der Waals surface area (Å²) in [4.78, 5) is 52.9. The highest BCUT2D eigenvalue weighted by Gasteiger charge is 2.30. The molecule has 0 saturated carbocycles. The molecule has 3 heterocycles. The van der Waals surface area contributed by atoms with E-state index in [0.717, 1.165) is 68.7 Å². The number of benzene rings is 4. The predicted octanol–water partition coefficient (Wildman–Crippen LogP) is 8.84. The van der Waals surface area contributed by atoms with Crippen molar-refractivity contribution >= 4 is 58.1 Å². The first kappa shape index (κ1) is 35.0. The van der Waals surface area contributed by atoms with E-state index in [9.17, 15) is 19.2 Å². The smallest absolute Gasteiger partial charge is 0.227 e. The molecule has 4 aromatic carbocycles. The van der Waals surface area contributed by atoms with Crippen molar-refractivity contribution in [3.63, 3.8) is 0 Å². The van der Waals surface area contributed by atoms with Crippen LogP contribution in [-0.4, -0.2) is 42.6 Å². The Morgan fingerprint density at radius 3 is 1.80 bits per heavy atom. The molecule has 7 nitrogen and oxygen atoms in total. The van der Waals surface area contributed by atoms with E-state index in [-0.39, 0.29) is 35.5 Å². The highest BCUT2D eigenvalue weighted by atomic mass is 35.5. The van der Waals surface area contributed by atoms with Crippen molar-refractivity contribution in [1.82, 2.24) is 5.32 Å². The number of hydrogen-bond acceptors (Lipinski definition) is 4. The van der Waals surface area contributed by atoms with Crippen molar-refractivity contribution in [1.29, 1.82) is 0 Å².